The van der Waals surface area contributed by atoms with Crippen LogP contribution in [0.5, 0.6) is 0 Å². The molecule has 0 aliphatic carbocycles. The van der Waals surface area contributed by atoms with Gasteiger partial charge in [0, 0.05) is 21.5 Å². The van der Waals surface area contributed by atoms with Gasteiger partial charge in [-0.05, 0) is 33.7 Å². The number of nitrogens with two attached hydrogens (primary N) is 2. The molecule has 114 valence electrons. The molecule has 0 radical (unpaired) electrons. The molecule has 0 fully saturated rings. The van der Waals surface area contributed by atoms with Gasteiger partial charge >= 0.3 is 0 Å². The van der Waals surface area contributed by atoms with E-state index < -0.39 is 0 Å². The third-order valence-corrected chi connectivity index (χ3v) is 4.87. The van der Waals surface area contributed by atoms with E-state index in [1.165, 1.54) is 0 Å². The highest BCUT2D eigenvalue weighted by molar-refractivity contribution is 6.21. The summed E-state index contributed by atoms with van der Waals surface area (Å²) in [6, 6.07) is 20.7. The summed E-state index contributed by atoms with van der Waals surface area (Å²) in [4.78, 5) is 0. The second-order valence-corrected chi connectivity index (χ2v) is 5.99. The zero-order chi connectivity index (χ0) is 16.3. The van der Waals surface area contributed by atoms with E-state index in [4.69, 9.17) is 11.7 Å². The van der Waals surface area contributed by atoms with E-state index in [2.05, 4.69) is 46.6 Å². The van der Waals surface area contributed by atoms with Crippen LogP contribution in [0.3, 0.4) is 0 Å². The molecule has 0 bridgehead atoms. The van der Waals surface area contributed by atoms with E-state index >= 15 is 0 Å². The summed E-state index contributed by atoms with van der Waals surface area (Å²) in [5, 5.41) is 18.5. The first-order valence-electron chi connectivity index (χ1n) is 7.77. The Kier molecular flexibility index (Phi) is 2.48. The molecule has 0 aliphatic heterocycles. The van der Waals surface area contributed by atoms with Gasteiger partial charge in [-0.25, -0.2) is 0 Å². The molecular weight excluding hydrogens is 296 g/mol. The van der Waals surface area contributed by atoms with Crippen LogP contribution in [0.1, 0.15) is 0 Å². The molecule has 0 atom stereocenters. The van der Waals surface area contributed by atoms with Gasteiger partial charge < -0.3 is 11.7 Å². The van der Waals surface area contributed by atoms with Gasteiger partial charge in [0.05, 0.1) is 10.7 Å². The van der Waals surface area contributed by atoms with Crippen molar-refractivity contribution < 1.29 is 0 Å². The zero-order valence-electron chi connectivity index (χ0n) is 12.8. The molecule has 5 aromatic carbocycles. The van der Waals surface area contributed by atoms with Crippen molar-refractivity contribution in [3.05, 3.63) is 71.4 Å². The van der Waals surface area contributed by atoms with Crippen molar-refractivity contribution >= 4 is 43.1 Å². The van der Waals surface area contributed by atoms with Gasteiger partial charge in [-0.3, -0.25) is 0 Å². The average molecular weight is 310 g/mol. The van der Waals surface area contributed by atoms with Gasteiger partial charge in [-0.2, -0.15) is 10.2 Å². The predicted molar refractivity (Wildman–Crippen MR) is 98.3 cm³/mol. The van der Waals surface area contributed by atoms with Crippen LogP contribution in [-0.4, -0.2) is 0 Å². The topological polar surface area (TPSA) is 76.8 Å². The zero-order valence-corrected chi connectivity index (χ0v) is 12.8. The molecule has 5 rings (SSSR count). The maximum Gasteiger partial charge on any atom is 0.0984 e. The molecular formula is C20H14N4. The SMILES string of the molecule is NN=c1c2ccccc2c2cc3c(cc12)c(=NN)c1ccccc13. The van der Waals surface area contributed by atoms with Gasteiger partial charge in [-0.1, -0.05) is 48.5 Å². The second kappa shape index (κ2) is 4.55. The van der Waals surface area contributed by atoms with Crippen LogP contribution in [-0.2, 0) is 0 Å². The van der Waals surface area contributed by atoms with Gasteiger partial charge in [0.2, 0.25) is 0 Å². The van der Waals surface area contributed by atoms with Crippen molar-refractivity contribution in [1.82, 2.24) is 0 Å². The van der Waals surface area contributed by atoms with Crippen molar-refractivity contribution in [2.24, 2.45) is 21.9 Å². The lowest BCUT2D eigenvalue weighted by molar-refractivity contribution is 1.17. The van der Waals surface area contributed by atoms with Crippen molar-refractivity contribution in [3.8, 4) is 0 Å². The number of fused-ring (bicyclic) bond motifs is 6. The summed E-state index contributed by atoms with van der Waals surface area (Å²) in [6.45, 7) is 0. The first-order valence-corrected chi connectivity index (χ1v) is 7.77. The van der Waals surface area contributed by atoms with E-state index in [1.54, 1.807) is 0 Å². The van der Waals surface area contributed by atoms with Crippen LogP contribution in [0.15, 0.2) is 70.9 Å². The minimum atomic E-state index is 0.815. The van der Waals surface area contributed by atoms with Gasteiger partial charge in [0.1, 0.15) is 0 Å². The summed E-state index contributed by atoms with van der Waals surface area (Å²) >= 11 is 0. The number of benzene rings is 3. The largest absolute Gasteiger partial charge is 0.323 e. The summed E-state index contributed by atoms with van der Waals surface area (Å²) < 4.78 is 0. The number of rotatable bonds is 0. The summed E-state index contributed by atoms with van der Waals surface area (Å²) in [7, 11) is 0. The maximum atomic E-state index is 5.69. The Bertz CT molecular complexity index is 1270. The van der Waals surface area contributed by atoms with Crippen LogP contribution in [0.25, 0.3) is 43.1 Å². The fraction of sp³-hybridized carbons (Fsp3) is 0. The van der Waals surface area contributed by atoms with E-state index in [0.717, 1.165) is 53.8 Å². The molecule has 0 heterocycles. The number of nitrogens with zero attached hydrogens (tertiary/aromatic N) is 2. The van der Waals surface area contributed by atoms with E-state index in [9.17, 15) is 0 Å². The Labute approximate surface area is 137 Å². The van der Waals surface area contributed by atoms with Crippen LogP contribution >= 0.6 is 0 Å². The lowest BCUT2D eigenvalue weighted by atomic mass is 10.1. The van der Waals surface area contributed by atoms with E-state index in [0.29, 0.717) is 0 Å². The number of hydrogen-bond donors (Lipinski definition) is 2. The Morgan fingerprint density at radius 3 is 1.25 bits per heavy atom. The second-order valence-electron chi connectivity index (χ2n) is 5.99. The molecule has 0 saturated heterocycles. The molecule has 0 unspecified atom stereocenters. The molecule has 24 heavy (non-hydrogen) atoms. The monoisotopic (exact) mass is 310 g/mol. The smallest absolute Gasteiger partial charge is 0.0984 e. The predicted octanol–water partition coefficient (Wildman–Crippen LogP) is 2.72. The van der Waals surface area contributed by atoms with Crippen LogP contribution in [0, 0.1) is 0 Å². The first kappa shape index (κ1) is 13.1. The van der Waals surface area contributed by atoms with Gasteiger partial charge in [0.15, 0.2) is 0 Å². The fourth-order valence-corrected chi connectivity index (χ4v) is 3.85. The third-order valence-electron chi connectivity index (χ3n) is 4.87. The van der Waals surface area contributed by atoms with Crippen LogP contribution < -0.4 is 22.4 Å². The molecule has 4 heteroatoms. The van der Waals surface area contributed by atoms with Gasteiger partial charge in [0.25, 0.3) is 0 Å². The Morgan fingerprint density at radius 1 is 0.458 bits per heavy atom. The maximum absolute atomic E-state index is 5.69. The molecule has 0 aromatic heterocycles. The highest BCUT2D eigenvalue weighted by Gasteiger charge is 2.14. The molecule has 4 N–H and O–H groups in total. The normalized spacial score (nSPS) is 13.8. The van der Waals surface area contributed by atoms with Crippen molar-refractivity contribution in [2.75, 3.05) is 0 Å². The quantitative estimate of drug-likeness (QED) is 0.341. The summed E-state index contributed by atoms with van der Waals surface area (Å²) in [6.07, 6.45) is 0. The lowest BCUT2D eigenvalue weighted by Gasteiger charge is -1.95. The highest BCUT2D eigenvalue weighted by Crippen LogP contribution is 2.31. The minimum Gasteiger partial charge on any atom is -0.323 e. The van der Waals surface area contributed by atoms with Crippen LogP contribution in [0.2, 0.25) is 0 Å². The Morgan fingerprint density at radius 2 is 0.833 bits per heavy atom. The third kappa shape index (κ3) is 1.47. The molecule has 0 aliphatic rings. The van der Waals surface area contributed by atoms with E-state index in [-0.39, 0.29) is 0 Å². The van der Waals surface area contributed by atoms with Crippen LogP contribution in [0.4, 0.5) is 0 Å². The first-order chi connectivity index (χ1) is 11.8. The molecule has 0 saturated carbocycles. The van der Waals surface area contributed by atoms with Crippen molar-refractivity contribution in [1.29, 1.82) is 0 Å². The summed E-state index contributed by atoms with van der Waals surface area (Å²) in [5.41, 5.74) is 0. The fourth-order valence-electron chi connectivity index (χ4n) is 3.85. The lowest BCUT2D eigenvalue weighted by Crippen LogP contribution is -2.05. The van der Waals surface area contributed by atoms with E-state index in [1.807, 2.05) is 24.3 Å². The standard InChI is InChI=1S/C20H14N4/c21-23-19-13-7-3-1-5-11(13)15-9-16-12-6-2-4-8-14(12)20(24-22)18(16)10-17(15)19/h1-10H,21-22H2. The molecule has 5 aromatic rings. The molecule has 0 amide bonds. The van der Waals surface area contributed by atoms with Crippen molar-refractivity contribution in [3.63, 3.8) is 0 Å². The molecule has 0 spiro atoms. The minimum absolute atomic E-state index is 0.815. The van der Waals surface area contributed by atoms with Crippen molar-refractivity contribution in [2.45, 2.75) is 0 Å². The number of hydrogen-bond acceptors (Lipinski definition) is 4. The molecule has 4 nitrogen and oxygen atoms in total. The highest BCUT2D eigenvalue weighted by atomic mass is 15.1. The Hall–Kier alpha value is -3.40. The average Bonchev–Trinajstić information content (AvgIpc) is 3.11. The Balaban J connectivity index is 2.16. The summed E-state index contributed by atoms with van der Waals surface area (Å²) in [5.74, 6) is 11.4. The van der Waals surface area contributed by atoms with Gasteiger partial charge in [-0.15, -0.1) is 0 Å².